The molecule has 0 amide bonds. The molecule has 0 bridgehead atoms. The van der Waals surface area contributed by atoms with Crippen LogP contribution in [0.2, 0.25) is 18.1 Å². The topological polar surface area (TPSA) is 18.5 Å². The van der Waals surface area contributed by atoms with Gasteiger partial charge in [0.05, 0.1) is 24.2 Å². The zero-order chi connectivity index (χ0) is 22.2. The van der Waals surface area contributed by atoms with Crippen molar-refractivity contribution in [2.24, 2.45) is 0 Å². The molecule has 0 saturated heterocycles. The molecule has 3 heteroatoms. The van der Waals surface area contributed by atoms with Crippen molar-refractivity contribution in [3.8, 4) is 0 Å². The van der Waals surface area contributed by atoms with Gasteiger partial charge >= 0.3 is 0 Å². The Morgan fingerprint density at radius 1 is 0.935 bits per heavy atom. The fraction of sp³-hybridized carbons (Fsp3) is 0.500. The maximum absolute atomic E-state index is 7.41. The average molecular weight is 435 g/mol. The number of hydrogen-bond acceptors (Lipinski definition) is 2. The molecule has 0 fully saturated rings. The number of fused-ring (bicyclic) bond motifs is 3. The van der Waals surface area contributed by atoms with E-state index in [2.05, 4.69) is 101 Å². The van der Waals surface area contributed by atoms with Gasteiger partial charge in [-0.15, -0.1) is 0 Å². The standard InChI is InChI=1S/C28H38O2Si/c1-26(2,3)31(4,5)30-28-19-12-11-18-27(28,22-29-21-23-13-7-6-8-14-23)25-16-10-9-15-24(25)17-20-28/h6-11,13-16,18H,12,17,19-22H2,1-5H3/t27-,28+/m0/s1. The van der Waals surface area contributed by atoms with E-state index in [1.807, 2.05) is 0 Å². The first-order chi connectivity index (χ1) is 14.7. The van der Waals surface area contributed by atoms with Crippen molar-refractivity contribution in [1.82, 2.24) is 0 Å². The second-order valence-corrected chi connectivity index (χ2v) is 15.6. The minimum absolute atomic E-state index is 0.177. The highest BCUT2D eigenvalue weighted by Crippen LogP contribution is 2.55. The Kier molecular flexibility index (Phi) is 6.06. The summed E-state index contributed by atoms with van der Waals surface area (Å²) >= 11 is 0. The lowest BCUT2D eigenvalue weighted by Gasteiger charge is -2.58. The molecule has 166 valence electrons. The van der Waals surface area contributed by atoms with E-state index in [9.17, 15) is 0 Å². The molecule has 2 nitrogen and oxygen atoms in total. The van der Waals surface area contributed by atoms with Crippen LogP contribution in [0.5, 0.6) is 0 Å². The van der Waals surface area contributed by atoms with Crippen LogP contribution >= 0.6 is 0 Å². The summed E-state index contributed by atoms with van der Waals surface area (Å²) in [7, 11) is -1.97. The first kappa shape index (κ1) is 22.5. The van der Waals surface area contributed by atoms with Gasteiger partial charge in [0, 0.05) is 0 Å². The van der Waals surface area contributed by atoms with E-state index in [-0.39, 0.29) is 16.1 Å². The summed E-state index contributed by atoms with van der Waals surface area (Å²) in [5.74, 6) is 0. The van der Waals surface area contributed by atoms with Crippen molar-refractivity contribution in [3.63, 3.8) is 0 Å². The lowest BCUT2D eigenvalue weighted by molar-refractivity contribution is -0.0701. The third kappa shape index (κ3) is 4.08. The Morgan fingerprint density at radius 2 is 1.65 bits per heavy atom. The fourth-order valence-electron chi connectivity index (χ4n) is 5.17. The van der Waals surface area contributed by atoms with Gasteiger partial charge in [0.25, 0.3) is 0 Å². The van der Waals surface area contributed by atoms with E-state index in [0.29, 0.717) is 13.2 Å². The molecule has 4 rings (SSSR count). The molecule has 2 aliphatic carbocycles. The Hall–Kier alpha value is -1.68. The second kappa shape index (κ2) is 8.35. The minimum Gasteiger partial charge on any atom is -0.410 e. The summed E-state index contributed by atoms with van der Waals surface area (Å²) in [5, 5.41) is 0.177. The zero-order valence-electron chi connectivity index (χ0n) is 19.9. The largest absolute Gasteiger partial charge is 0.410 e. The summed E-state index contributed by atoms with van der Waals surface area (Å²) in [5.41, 5.74) is 3.65. The number of allylic oxidation sites excluding steroid dienone is 1. The highest BCUT2D eigenvalue weighted by molar-refractivity contribution is 6.74. The van der Waals surface area contributed by atoms with E-state index in [1.165, 1.54) is 16.7 Å². The van der Waals surface area contributed by atoms with Crippen LogP contribution in [0.4, 0.5) is 0 Å². The minimum atomic E-state index is -1.97. The molecule has 0 aliphatic heterocycles. The van der Waals surface area contributed by atoms with Crippen LogP contribution < -0.4 is 0 Å². The van der Waals surface area contributed by atoms with Crippen LogP contribution in [0.15, 0.2) is 66.7 Å². The maximum atomic E-state index is 7.41. The molecular weight excluding hydrogens is 396 g/mol. The normalized spacial score (nSPS) is 25.7. The van der Waals surface area contributed by atoms with E-state index in [1.54, 1.807) is 0 Å². The molecule has 0 unspecified atom stereocenters. The van der Waals surface area contributed by atoms with Crippen LogP contribution in [-0.4, -0.2) is 20.5 Å². The molecule has 31 heavy (non-hydrogen) atoms. The highest BCUT2D eigenvalue weighted by atomic mass is 28.4. The maximum Gasteiger partial charge on any atom is 0.192 e. The highest BCUT2D eigenvalue weighted by Gasteiger charge is 2.58. The van der Waals surface area contributed by atoms with Crippen molar-refractivity contribution >= 4 is 8.32 Å². The van der Waals surface area contributed by atoms with Crippen LogP contribution in [0.25, 0.3) is 0 Å². The van der Waals surface area contributed by atoms with Gasteiger partial charge in [-0.2, -0.15) is 0 Å². The SMILES string of the molecule is CC(C)(C)[Si](C)(C)O[C@@]12CCC=C[C@]1(COCc1ccccc1)c1ccccc1CC2. The molecule has 0 aromatic heterocycles. The predicted molar refractivity (Wildman–Crippen MR) is 132 cm³/mol. The Bertz CT molecular complexity index is 928. The van der Waals surface area contributed by atoms with Gasteiger partial charge in [0.2, 0.25) is 0 Å². The van der Waals surface area contributed by atoms with Gasteiger partial charge in [-0.25, -0.2) is 0 Å². The fourth-order valence-corrected chi connectivity index (χ4v) is 6.83. The average Bonchev–Trinajstić information content (AvgIpc) is 2.74. The third-order valence-electron chi connectivity index (χ3n) is 7.92. The molecule has 0 heterocycles. The van der Waals surface area contributed by atoms with E-state index < -0.39 is 8.32 Å². The van der Waals surface area contributed by atoms with Crippen LogP contribution in [0, 0.1) is 0 Å². The van der Waals surface area contributed by atoms with Gasteiger partial charge in [0.15, 0.2) is 8.32 Å². The van der Waals surface area contributed by atoms with Gasteiger partial charge in [-0.05, 0) is 60.5 Å². The first-order valence-corrected chi connectivity index (χ1v) is 14.7. The predicted octanol–water partition coefficient (Wildman–Crippen LogP) is 7.20. The number of ether oxygens (including phenoxy) is 1. The smallest absolute Gasteiger partial charge is 0.192 e. The summed E-state index contributed by atoms with van der Waals surface area (Å²) < 4.78 is 13.9. The van der Waals surface area contributed by atoms with Crippen LogP contribution in [0.3, 0.4) is 0 Å². The van der Waals surface area contributed by atoms with E-state index in [4.69, 9.17) is 9.16 Å². The van der Waals surface area contributed by atoms with Gasteiger partial charge in [0.1, 0.15) is 0 Å². The summed E-state index contributed by atoms with van der Waals surface area (Å²) in [6, 6.07) is 19.5. The molecule has 0 saturated carbocycles. The van der Waals surface area contributed by atoms with Crippen molar-refractivity contribution in [1.29, 1.82) is 0 Å². The van der Waals surface area contributed by atoms with Crippen molar-refractivity contribution < 1.29 is 9.16 Å². The van der Waals surface area contributed by atoms with Gasteiger partial charge < -0.3 is 9.16 Å². The monoisotopic (exact) mass is 434 g/mol. The summed E-state index contributed by atoms with van der Waals surface area (Å²) in [4.78, 5) is 0. The molecular formula is C28H38O2Si. The van der Waals surface area contributed by atoms with Crippen molar-refractivity contribution in [2.45, 2.75) is 82.2 Å². The molecule has 2 aromatic rings. The second-order valence-electron chi connectivity index (χ2n) is 10.9. The Morgan fingerprint density at radius 3 is 2.39 bits per heavy atom. The van der Waals surface area contributed by atoms with E-state index >= 15 is 0 Å². The van der Waals surface area contributed by atoms with Gasteiger partial charge in [-0.1, -0.05) is 87.5 Å². The number of rotatable bonds is 6. The van der Waals surface area contributed by atoms with Crippen LogP contribution in [-0.2, 0) is 27.6 Å². The molecule has 0 spiro atoms. The number of hydrogen-bond donors (Lipinski definition) is 0. The van der Waals surface area contributed by atoms with Crippen LogP contribution in [0.1, 0.15) is 56.7 Å². The molecule has 2 aliphatic rings. The lowest BCUT2D eigenvalue weighted by Crippen LogP contribution is -2.63. The molecule has 2 atom stereocenters. The molecule has 2 aromatic carbocycles. The quantitative estimate of drug-likeness (QED) is 0.353. The lowest BCUT2D eigenvalue weighted by atomic mass is 9.57. The summed E-state index contributed by atoms with van der Waals surface area (Å²) in [6.45, 7) is 13.1. The Balaban J connectivity index is 1.74. The van der Waals surface area contributed by atoms with Gasteiger partial charge in [-0.3, -0.25) is 0 Å². The number of aryl methyl sites for hydroxylation is 1. The summed E-state index contributed by atoms with van der Waals surface area (Å²) in [6.07, 6.45) is 9.10. The number of benzene rings is 2. The van der Waals surface area contributed by atoms with Crippen molar-refractivity contribution in [2.75, 3.05) is 6.61 Å². The van der Waals surface area contributed by atoms with E-state index in [0.717, 1.165) is 25.7 Å². The van der Waals surface area contributed by atoms with Crippen molar-refractivity contribution in [3.05, 3.63) is 83.4 Å². The third-order valence-corrected chi connectivity index (χ3v) is 12.4. The molecule has 0 N–H and O–H groups in total. The Labute approximate surface area is 189 Å². The molecule has 0 radical (unpaired) electrons. The first-order valence-electron chi connectivity index (χ1n) is 11.8. The zero-order valence-corrected chi connectivity index (χ0v) is 20.9.